The maximum Gasteiger partial charge on any atom is -0.0184 e. The summed E-state index contributed by atoms with van der Waals surface area (Å²) in [6.45, 7) is 0. The van der Waals surface area contributed by atoms with Crippen LogP contribution in [0, 0.1) is 0 Å². The molecular formula is C19H18O2Pb. The van der Waals surface area contributed by atoms with E-state index in [-0.39, 0.29) is 33.0 Å². The Bertz CT molecular complexity index is 645. The smallest absolute Gasteiger partial charge is 0.0184 e. The number of benzene rings is 3. The van der Waals surface area contributed by atoms with Crippen molar-refractivity contribution in [3.8, 4) is 16.9 Å². The predicted octanol–water partition coefficient (Wildman–Crippen LogP) is 3.64. The molecule has 3 heteroatoms. The van der Waals surface area contributed by atoms with E-state index in [1.54, 1.807) is 18.2 Å². The van der Waals surface area contributed by atoms with Crippen molar-refractivity contribution in [2.24, 2.45) is 0 Å². The molecule has 0 bridgehead atoms. The predicted molar refractivity (Wildman–Crippen MR) is 93.9 cm³/mol. The number of phenols is 1. The van der Waals surface area contributed by atoms with Crippen molar-refractivity contribution in [1.29, 1.82) is 0 Å². The fourth-order valence-corrected chi connectivity index (χ4v) is 1.85. The topological polar surface area (TPSA) is 37.3 Å². The normalized spacial score (nSPS) is 8.91. The van der Waals surface area contributed by atoms with E-state index < -0.39 is 0 Å². The molecule has 0 aliphatic rings. The Labute approximate surface area is 150 Å². The number of phenolic OH excluding ortho intramolecular Hbond substituents is 1. The SMILES string of the molecule is O=Cc1ccccc1O.[PbH2].c1ccc(-c2ccccc2)cc1. The maximum absolute atomic E-state index is 10.1. The molecule has 2 radical (unpaired) electrons. The summed E-state index contributed by atoms with van der Waals surface area (Å²) in [5.41, 5.74) is 2.88. The van der Waals surface area contributed by atoms with Gasteiger partial charge >= 0.3 is 27.3 Å². The minimum atomic E-state index is 0. The summed E-state index contributed by atoms with van der Waals surface area (Å²) in [6.07, 6.45) is 0.620. The van der Waals surface area contributed by atoms with E-state index in [0.29, 0.717) is 11.8 Å². The molecule has 1 N–H and O–H groups in total. The van der Waals surface area contributed by atoms with E-state index in [9.17, 15) is 4.79 Å². The first-order valence-corrected chi connectivity index (χ1v) is 6.65. The first-order chi connectivity index (χ1) is 10.3. The minimum absolute atomic E-state index is 0. The number of carbonyl (C=O) groups is 1. The van der Waals surface area contributed by atoms with Crippen LogP contribution in [0.3, 0.4) is 0 Å². The molecule has 0 fully saturated rings. The second kappa shape index (κ2) is 9.89. The van der Waals surface area contributed by atoms with Gasteiger partial charge in [-0.15, -0.1) is 0 Å². The van der Waals surface area contributed by atoms with Crippen molar-refractivity contribution in [3.05, 3.63) is 90.5 Å². The maximum atomic E-state index is 10.1. The molecule has 3 aromatic rings. The zero-order valence-corrected chi connectivity index (χ0v) is 17.7. The van der Waals surface area contributed by atoms with Crippen molar-refractivity contribution in [2.45, 2.75) is 0 Å². The van der Waals surface area contributed by atoms with Gasteiger partial charge in [0.1, 0.15) is 5.75 Å². The second-order valence-electron chi connectivity index (χ2n) is 4.41. The summed E-state index contributed by atoms with van der Waals surface area (Å²) in [4.78, 5) is 10.1. The Morgan fingerprint density at radius 3 is 1.41 bits per heavy atom. The van der Waals surface area contributed by atoms with Crippen LogP contribution >= 0.6 is 0 Å². The van der Waals surface area contributed by atoms with Gasteiger partial charge in [-0.05, 0) is 23.3 Å². The summed E-state index contributed by atoms with van der Waals surface area (Å²) in [5, 5.41) is 8.88. The zero-order valence-electron chi connectivity index (χ0n) is 12.2. The van der Waals surface area contributed by atoms with Gasteiger partial charge in [-0.2, -0.15) is 0 Å². The van der Waals surface area contributed by atoms with Crippen molar-refractivity contribution < 1.29 is 9.90 Å². The number of aldehydes is 1. The Hall–Kier alpha value is -1.95. The molecule has 3 aromatic carbocycles. The molecule has 0 saturated carbocycles. The zero-order chi connectivity index (χ0) is 14.9. The summed E-state index contributed by atoms with van der Waals surface area (Å²) in [6, 6.07) is 27.2. The quantitative estimate of drug-likeness (QED) is 0.445. The molecule has 0 spiro atoms. The van der Waals surface area contributed by atoms with Crippen LogP contribution in [0.15, 0.2) is 84.9 Å². The number of para-hydroxylation sites is 1. The molecule has 0 aliphatic carbocycles. The van der Waals surface area contributed by atoms with Gasteiger partial charge in [-0.1, -0.05) is 72.8 Å². The van der Waals surface area contributed by atoms with Crippen LogP contribution in [0.25, 0.3) is 11.1 Å². The number of hydrogen-bond donors (Lipinski definition) is 1. The van der Waals surface area contributed by atoms with E-state index in [2.05, 4.69) is 48.5 Å². The first-order valence-electron chi connectivity index (χ1n) is 6.65. The minimum Gasteiger partial charge on any atom is -0.0622 e. The third-order valence-corrected chi connectivity index (χ3v) is 2.94. The Balaban J connectivity index is 0.000000219. The van der Waals surface area contributed by atoms with Crippen LogP contribution < -0.4 is 0 Å². The van der Waals surface area contributed by atoms with Gasteiger partial charge in [0.2, 0.25) is 0 Å². The molecule has 2 nitrogen and oxygen atoms in total. The monoisotopic (exact) mass is 486 g/mol. The summed E-state index contributed by atoms with van der Waals surface area (Å²) in [7, 11) is 0. The van der Waals surface area contributed by atoms with Gasteiger partial charge in [0.05, 0.1) is 5.56 Å². The van der Waals surface area contributed by atoms with Crippen molar-refractivity contribution in [3.63, 3.8) is 0 Å². The number of carbonyl (C=O) groups excluding carboxylic acids is 1. The molecule has 0 aromatic heterocycles. The van der Waals surface area contributed by atoms with Gasteiger partial charge < -0.3 is 5.11 Å². The number of hydrogen-bond acceptors (Lipinski definition) is 2. The molecule has 0 amide bonds. The number of rotatable bonds is 2. The van der Waals surface area contributed by atoms with E-state index in [0.717, 1.165) is 0 Å². The van der Waals surface area contributed by atoms with Gasteiger partial charge in [0, 0.05) is 0 Å². The third-order valence-electron chi connectivity index (χ3n) is 2.94. The largest absolute Gasteiger partial charge is 0.0622 e. The average Bonchev–Trinajstić information content (AvgIpc) is 2.58. The average molecular weight is 486 g/mol. The molecule has 0 aliphatic heterocycles. The van der Waals surface area contributed by atoms with Gasteiger partial charge in [-0.3, -0.25) is 4.79 Å². The van der Waals surface area contributed by atoms with E-state index in [1.807, 2.05) is 12.1 Å². The molecule has 0 atom stereocenters. The summed E-state index contributed by atoms with van der Waals surface area (Å²) < 4.78 is 0. The fourth-order valence-electron chi connectivity index (χ4n) is 1.85. The Morgan fingerprint density at radius 2 is 1.05 bits per heavy atom. The number of aromatic hydroxyl groups is 1. The van der Waals surface area contributed by atoms with Crippen molar-refractivity contribution >= 4 is 33.6 Å². The van der Waals surface area contributed by atoms with Crippen LogP contribution in [0.1, 0.15) is 10.4 Å². The standard InChI is InChI=1S/C12H10.C7H6O2.Pb.2H/c1-3-7-11(8-4-1)12-9-5-2-6-10-12;8-5-6-3-1-2-4-7(6)9;;;/h1-10H;1-5,9H;;;. The Morgan fingerprint density at radius 1 is 0.636 bits per heavy atom. The second-order valence-corrected chi connectivity index (χ2v) is 4.41. The molecule has 22 heavy (non-hydrogen) atoms. The van der Waals surface area contributed by atoms with E-state index in [1.165, 1.54) is 17.2 Å². The van der Waals surface area contributed by atoms with Gasteiger partial charge in [-0.25, -0.2) is 0 Å². The van der Waals surface area contributed by atoms with E-state index in [4.69, 9.17) is 5.11 Å². The fraction of sp³-hybridized carbons (Fsp3) is 0. The molecule has 110 valence electrons. The van der Waals surface area contributed by atoms with Crippen LogP contribution in [-0.4, -0.2) is 38.7 Å². The molecule has 0 unspecified atom stereocenters. The molecule has 0 heterocycles. The van der Waals surface area contributed by atoms with Crippen LogP contribution in [0.5, 0.6) is 5.75 Å². The Kier molecular flexibility index (Phi) is 8.14. The van der Waals surface area contributed by atoms with Crippen molar-refractivity contribution in [1.82, 2.24) is 0 Å². The van der Waals surface area contributed by atoms with Gasteiger partial charge in [0.25, 0.3) is 0 Å². The third kappa shape index (κ3) is 5.44. The molecule has 3 rings (SSSR count). The van der Waals surface area contributed by atoms with Crippen LogP contribution in [-0.2, 0) is 0 Å². The van der Waals surface area contributed by atoms with Gasteiger partial charge in [0.15, 0.2) is 6.29 Å². The molecular weight excluding hydrogens is 467 g/mol. The first kappa shape index (κ1) is 18.1. The summed E-state index contributed by atoms with van der Waals surface area (Å²) >= 11 is 0. The molecule has 0 saturated heterocycles. The van der Waals surface area contributed by atoms with Crippen LogP contribution in [0.4, 0.5) is 0 Å². The summed E-state index contributed by atoms with van der Waals surface area (Å²) in [5.74, 6) is 0.0347. The van der Waals surface area contributed by atoms with Crippen LogP contribution in [0.2, 0.25) is 0 Å². The van der Waals surface area contributed by atoms with Crippen molar-refractivity contribution in [2.75, 3.05) is 0 Å². The van der Waals surface area contributed by atoms with E-state index >= 15 is 0 Å².